The van der Waals surface area contributed by atoms with Crippen molar-refractivity contribution in [2.75, 3.05) is 19.8 Å². The molecule has 0 aliphatic heterocycles. The average molecular weight is 161 g/mol. The van der Waals surface area contributed by atoms with Gasteiger partial charge < -0.3 is 11.1 Å². The van der Waals surface area contributed by atoms with Crippen molar-refractivity contribution >= 4 is 11.7 Å². The summed E-state index contributed by atoms with van der Waals surface area (Å²) in [5, 5.41) is 2.31. The molecule has 4 nitrogen and oxygen atoms in total. The molecule has 0 spiro atoms. The third kappa shape index (κ3) is 6.76. The zero-order valence-electron chi connectivity index (χ0n) is 6.43. The summed E-state index contributed by atoms with van der Waals surface area (Å²) in [6, 6.07) is 0. The normalized spacial score (nSPS) is 11.3. The molecule has 0 unspecified atom stereocenters. The second-order valence-corrected chi connectivity index (χ2v) is 2.00. The molecule has 0 radical (unpaired) electrons. The summed E-state index contributed by atoms with van der Waals surface area (Å²) >= 11 is 0. The molecule has 0 atom stereocenters. The third-order valence-electron chi connectivity index (χ3n) is 0.889. The van der Waals surface area contributed by atoms with Crippen LogP contribution < -0.4 is 11.1 Å². The van der Waals surface area contributed by atoms with Gasteiger partial charge in [-0.05, 0) is 6.92 Å². The van der Waals surface area contributed by atoms with Crippen LogP contribution in [0.2, 0.25) is 0 Å². The number of nitrogens with two attached hydrogens (primary N) is 1. The van der Waals surface area contributed by atoms with Gasteiger partial charge in [-0.15, -0.1) is 0 Å². The van der Waals surface area contributed by atoms with E-state index >= 15 is 0 Å². The summed E-state index contributed by atoms with van der Waals surface area (Å²) < 4.78 is 11.5. The molecule has 0 fully saturated rings. The van der Waals surface area contributed by atoms with Gasteiger partial charge in [0.1, 0.15) is 13.2 Å². The number of amidine groups is 1. The minimum absolute atomic E-state index is 0.0255. The van der Waals surface area contributed by atoms with E-state index in [2.05, 4.69) is 10.3 Å². The Morgan fingerprint density at radius 1 is 1.73 bits per heavy atom. The van der Waals surface area contributed by atoms with Gasteiger partial charge in [-0.25, -0.2) is 4.39 Å². The highest BCUT2D eigenvalue weighted by Crippen LogP contribution is 1.72. The predicted molar refractivity (Wildman–Crippen MR) is 41.1 cm³/mol. The van der Waals surface area contributed by atoms with E-state index in [1.165, 1.54) is 0 Å². The lowest BCUT2D eigenvalue weighted by molar-refractivity contribution is -0.119. The number of hydrogen-bond donors (Lipinski definition) is 2. The monoisotopic (exact) mass is 161 g/mol. The van der Waals surface area contributed by atoms with Crippen molar-refractivity contribution in [3.8, 4) is 0 Å². The summed E-state index contributed by atoms with van der Waals surface area (Å²) in [5.41, 5.74) is 5.17. The number of alkyl halides is 1. The average Bonchev–Trinajstić information content (AvgIpc) is 1.97. The largest absolute Gasteiger partial charge is 0.388 e. The summed E-state index contributed by atoms with van der Waals surface area (Å²) in [6.45, 7) is 1.04. The molecular formula is C6H12FN3O. The van der Waals surface area contributed by atoms with E-state index in [0.717, 1.165) is 0 Å². The second-order valence-electron chi connectivity index (χ2n) is 2.00. The molecule has 1 amide bonds. The smallest absolute Gasteiger partial charge is 0.241 e. The van der Waals surface area contributed by atoms with E-state index in [1.807, 2.05) is 0 Å². The number of halogens is 1. The lowest BCUT2D eigenvalue weighted by Crippen LogP contribution is -2.28. The zero-order valence-corrected chi connectivity index (χ0v) is 6.43. The van der Waals surface area contributed by atoms with Crippen LogP contribution in [-0.2, 0) is 4.79 Å². The van der Waals surface area contributed by atoms with Crippen LogP contribution >= 0.6 is 0 Å². The number of hydrogen-bond acceptors (Lipinski definition) is 2. The molecule has 0 bridgehead atoms. The highest BCUT2D eigenvalue weighted by Gasteiger charge is 1.96. The third-order valence-corrected chi connectivity index (χ3v) is 0.889. The maximum Gasteiger partial charge on any atom is 0.241 e. The fourth-order valence-electron chi connectivity index (χ4n) is 0.439. The maximum atomic E-state index is 11.5. The van der Waals surface area contributed by atoms with Gasteiger partial charge in [0.25, 0.3) is 0 Å². The first-order valence-corrected chi connectivity index (χ1v) is 3.26. The molecule has 0 aromatic heterocycles. The van der Waals surface area contributed by atoms with E-state index < -0.39 is 6.67 Å². The number of nitrogens with one attached hydrogen (secondary N) is 1. The van der Waals surface area contributed by atoms with Crippen molar-refractivity contribution in [1.29, 1.82) is 0 Å². The molecule has 0 heterocycles. The van der Waals surface area contributed by atoms with Crippen LogP contribution in [0.4, 0.5) is 4.39 Å². The van der Waals surface area contributed by atoms with E-state index in [4.69, 9.17) is 5.73 Å². The van der Waals surface area contributed by atoms with Crippen molar-refractivity contribution in [3.63, 3.8) is 0 Å². The molecule has 3 N–H and O–H groups in total. The van der Waals surface area contributed by atoms with Crippen LogP contribution in [0.5, 0.6) is 0 Å². The molecular weight excluding hydrogens is 149 g/mol. The van der Waals surface area contributed by atoms with Gasteiger partial charge in [-0.1, -0.05) is 0 Å². The number of nitrogens with zero attached hydrogens (tertiary/aromatic N) is 1. The lowest BCUT2D eigenvalue weighted by atomic mass is 10.5. The van der Waals surface area contributed by atoms with Crippen LogP contribution in [0.1, 0.15) is 6.92 Å². The van der Waals surface area contributed by atoms with Crippen LogP contribution in [0.3, 0.4) is 0 Å². The minimum atomic E-state index is -0.558. The van der Waals surface area contributed by atoms with Crippen LogP contribution in [0, 0.1) is 0 Å². The summed E-state index contributed by atoms with van der Waals surface area (Å²) in [7, 11) is 0. The van der Waals surface area contributed by atoms with Crippen LogP contribution in [-0.4, -0.2) is 31.5 Å². The SMILES string of the molecule is CC(N)=NCC(=O)NCCF. The van der Waals surface area contributed by atoms with Gasteiger partial charge in [0.2, 0.25) is 5.91 Å². The molecule has 0 aliphatic carbocycles. The Balaban J connectivity index is 3.45. The molecule has 11 heavy (non-hydrogen) atoms. The summed E-state index contributed by atoms with van der Waals surface area (Å²) in [5.74, 6) is 0.0350. The minimum Gasteiger partial charge on any atom is -0.388 e. The fourth-order valence-corrected chi connectivity index (χ4v) is 0.439. The van der Waals surface area contributed by atoms with Gasteiger partial charge in [0, 0.05) is 6.54 Å². The highest BCUT2D eigenvalue weighted by atomic mass is 19.1. The van der Waals surface area contributed by atoms with Gasteiger partial charge in [-0.2, -0.15) is 0 Å². The Bertz CT molecular complexity index is 154. The van der Waals surface area contributed by atoms with Gasteiger partial charge in [0.15, 0.2) is 0 Å². The molecule has 5 heteroatoms. The van der Waals surface area contributed by atoms with Crippen molar-refractivity contribution in [2.24, 2.45) is 10.7 Å². The first kappa shape index (κ1) is 9.87. The quantitative estimate of drug-likeness (QED) is 0.429. The number of carbonyl (C=O) groups is 1. The number of carbonyl (C=O) groups excluding carboxylic acids is 1. The van der Waals surface area contributed by atoms with Crippen molar-refractivity contribution in [1.82, 2.24) is 5.32 Å². The van der Waals surface area contributed by atoms with E-state index in [0.29, 0.717) is 5.84 Å². The van der Waals surface area contributed by atoms with Crippen molar-refractivity contribution < 1.29 is 9.18 Å². The van der Waals surface area contributed by atoms with E-state index in [-0.39, 0.29) is 19.0 Å². The standard InChI is InChI=1S/C6H12FN3O/c1-5(8)10-4-6(11)9-3-2-7/h2-4H2,1H3,(H2,8,10)(H,9,11). The van der Waals surface area contributed by atoms with Gasteiger partial charge in [-0.3, -0.25) is 9.79 Å². The van der Waals surface area contributed by atoms with E-state index in [1.54, 1.807) is 6.92 Å². The molecule has 0 aromatic carbocycles. The van der Waals surface area contributed by atoms with Gasteiger partial charge >= 0.3 is 0 Å². The Morgan fingerprint density at radius 2 is 2.36 bits per heavy atom. The second kappa shape index (κ2) is 5.64. The Hall–Kier alpha value is -1.13. The first-order chi connectivity index (χ1) is 5.16. The van der Waals surface area contributed by atoms with Gasteiger partial charge in [0.05, 0.1) is 5.84 Å². The number of amides is 1. The fraction of sp³-hybridized carbons (Fsp3) is 0.667. The Morgan fingerprint density at radius 3 is 2.82 bits per heavy atom. The first-order valence-electron chi connectivity index (χ1n) is 3.26. The summed E-state index contributed by atoms with van der Waals surface area (Å²) in [4.78, 5) is 14.3. The van der Waals surface area contributed by atoms with Crippen molar-refractivity contribution in [3.05, 3.63) is 0 Å². The number of rotatable bonds is 4. The topological polar surface area (TPSA) is 67.5 Å². The molecule has 0 aliphatic rings. The van der Waals surface area contributed by atoms with Crippen LogP contribution in [0.15, 0.2) is 4.99 Å². The maximum absolute atomic E-state index is 11.5. The lowest BCUT2D eigenvalue weighted by Gasteiger charge is -1.98. The van der Waals surface area contributed by atoms with E-state index in [9.17, 15) is 9.18 Å². The molecule has 0 saturated carbocycles. The summed E-state index contributed by atoms with van der Waals surface area (Å²) in [6.07, 6.45) is 0. The molecule has 64 valence electrons. The van der Waals surface area contributed by atoms with Crippen LogP contribution in [0.25, 0.3) is 0 Å². The highest BCUT2D eigenvalue weighted by molar-refractivity contribution is 5.83. The zero-order chi connectivity index (χ0) is 8.69. The van der Waals surface area contributed by atoms with Crippen molar-refractivity contribution in [2.45, 2.75) is 6.92 Å². The number of aliphatic imine (C=N–C) groups is 1. The Kier molecular flexibility index (Phi) is 5.06. The Labute approximate surface area is 64.7 Å². The predicted octanol–water partition coefficient (Wildman–Crippen LogP) is -0.551. The molecule has 0 saturated heterocycles. The molecule has 0 rings (SSSR count). The molecule has 0 aromatic rings.